The maximum absolute atomic E-state index is 9.19. The summed E-state index contributed by atoms with van der Waals surface area (Å²) in [6.45, 7) is 5.99. The molecular formula is C17H23N3O2. The van der Waals surface area contributed by atoms with Crippen molar-refractivity contribution in [1.29, 1.82) is 0 Å². The van der Waals surface area contributed by atoms with E-state index < -0.39 is 0 Å². The van der Waals surface area contributed by atoms with Gasteiger partial charge in [0.2, 0.25) is 5.89 Å². The zero-order valence-corrected chi connectivity index (χ0v) is 13.1. The van der Waals surface area contributed by atoms with Crippen LogP contribution in [0.4, 0.5) is 0 Å². The molecule has 0 aliphatic carbocycles. The van der Waals surface area contributed by atoms with Gasteiger partial charge in [0.05, 0.1) is 13.2 Å². The van der Waals surface area contributed by atoms with E-state index in [2.05, 4.69) is 39.3 Å². The smallest absolute Gasteiger partial charge is 0.240 e. The summed E-state index contributed by atoms with van der Waals surface area (Å²) < 4.78 is 5.26. The predicted molar refractivity (Wildman–Crippen MR) is 86.2 cm³/mol. The summed E-state index contributed by atoms with van der Waals surface area (Å²) in [5.74, 6) is 1.56. The molecule has 1 aromatic carbocycles. The Morgan fingerprint density at radius 2 is 2.05 bits per heavy atom. The van der Waals surface area contributed by atoms with E-state index in [4.69, 9.17) is 4.52 Å². The molecule has 2 aromatic rings. The van der Waals surface area contributed by atoms with Gasteiger partial charge in [0.15, 0.2) is 5.82 Å². The Kier molecular flexibility index (Phi) is 6.30. The number of nitrogens with zero attached hydrogens (tertiary/aromatic N) is 3. The molecule has 5 heteroatoms. The van der Waals surface area contributed by atoms with Crippen LogP contribution in [0.25, 0.3) is 6.08 Å². The van der Waals surface area contributed by atoms with Crippen molar-refractivity contribution in [3.05, 3.63) is 53.7 Å². The molecule has 1 aromatic heterocycles. The highest BCUT2D eigenvalue weighted by atomic mass is 16.5. The third-order valence-electron chi connectivity index (χ3n) is 3.25. The van der Waals surface area contributed by atoms with Crippen LogP contribution in [0.2, 0.25) is 0 Å². The Balaban J connectivity index is 1.92. The van der Waals surface area contributed by atoms with Crippen molar-refractivity contribution in [2.75, 3.05) is 19.7 Å². The van der Waals surface area contributed by atoms with Crippen LogP contribution in [0.1, 0.15) is 37.0 Å². The quantitative estimate of drug-likeness (QED) is 0.812. The molecule has 0 unspecified atom stereocenters. The lowest BCUT2D eigenvalue weighted by molar-refractivity contribution is 0.186. The summed E-state index contributed by atoms with van der Waals surface area (Å²) in [5.41, 5.74) is 1.16. The minimum absolute atomic E-state index is 0.102. The van der Waals surface area contributed by atoms with Crippen molar-refractivity contribution in [3.8, 4) is 0 Å². The molecule has 22 heavy (non-hydrogen) atoms. The lowest BCUT2D eigenvalue weighted by Gasteiger charge is -2.16. The number of hydrogen-bond acceptors (Lipinski definition) is 5. The van der Waals surface area contributed by atoms with E-state index in [1.165, 1.54) is 0 Å². The first-order valence-corrected chi connectivity index (χ1v) is 7.56. The Hall–Kier alpha value is -1.98. The van der Waals surface area contributed by atoms with Gasteiger partial charge in [0, 0.05) is 19.0 Å². The van der Waals surface area contributed by atoms with E-state index in [0.717, 1.165) is 17.9 Å². The molecule has 1 heterocycles. The average molecular weight is 301 g/mol. The molecule has 0 aliphatic rings. The van der Waals surface area contributed by atoms with Crippen molar-refractivity contribution in [1.82, 2.24) is 15.0 Å². The Bertz CT molecular complexity index is 579. The van der Waals surface area contributed by atoms with Crippen LogP contribution in [0, 0.1) is 0 Å². The van der Waals surface area contributed by atoms with Crippen LogP contribution in [0.15, 0.2) is 40.9 Å². The third kappa shape index (κ3) is 5.09. The van der Waals surface area contributed by atoms with Gasteiger partial charge in [-0.05, 0) is 5.56 Å². The van der Waals surface area contributed by atoms with Crippen LogP contribution >= 0.6 is 0 Å². The number of aliphatic hydroxyl groups is 1. The summed E-state index contributed by atoms with van der Waals surface area (Å²) >= 11 is 0. The molecule has 1 N–H and O–H groups in total. The summed E-state index contributed by atoms with van der Waals surface area (Å²) in [6, 6.07) is 10.1. The number of benzene rings is 1. The monoisotopic (exact) mass is 301 g/mol. The van der Waals surface area contributed by atoms with Crippen LogP contribution in [0.5, 0.6) is 0 Å². The normalized spacial score (nSPS) is 11.9. The van der Waals surface area contributed by atoms with E-state index in [-0.39, 0.29) is 12.5 Å². The zero-order chi connectivity index (χ0) is 15.8. The second-order valence-electron chi connectivity index (χ2n) is 5.47. The van der Waals surface area contributed by atoms with Crippen molar-refractivity contribution in [3.63, 3.8) is 0 Å². The highest BCUT2D eigenvalue weighted by Gasteiger charge is 2.12. The minimum atomic E-state index is 0.102. The molecule has 0 spiro atoms. The molecule has 0 bridgehead atoms. The van der Waals surface area contributed by atoms with Crippen molar-refractivity contribution in [2.24, 2.45) is 0 Å². The van der Waals surface area contributed by atoms with Gasteiger partial charge in [-0.15, -0.1) is 0 Å². The van der Waals surface area contributed by atoms with Gasteiger partial charge in [-0.1, -0.05) is 61.5 Å². The van der Waals surface area contributed by atoms with Gasteiger partial charge in [0.25, 0.3) is 0 Å². The Labute approximate surface area is 131 Å². The number of aromatic nitrogens is 2. The summed E-state index contributed by atoms with van der Waals surface area (Å²) in [4.78, 5) is 6.44. The lowest BCUT2D eigenvalue weighted by atomic mass is 10.2. The fraction of sp³-hybridized carbons (Fsp3) is 0.412. The van der Waals surface area contributed by atoms with Crippen LogP contribution < -0.4 is 0 Å². The van der Waals surface area contributed by atoms with Crippen molar-refractivity contribution < 1.29 is 9.63 Å². The number of rotatable bonds is 8. The largest absolute Gasteiger partial charge is 0.395 e. The topological polar surface area (TPSA) is 62.4 Å². The Morgan fingerprint density at radius 3 is 2.68 bits per heavy atom. The second kappa shape index (κ2) is 8.46. The SMILES string of the molecule is CC(C)c1noc(CN(CC=Cc2ccccc2)CCO)n1. The molecule has 0 radical (unpaired) electrons. The number of aliphatic hydroxyl groups excluding tert-OH is 1. The van der Waals surface area contributed by atoms with E-state index >= 15 is 0 Å². The predicted octanol–water partition coefficient (Wildman–Crippen LogP) is 2.70. The van der Waals surface area contributed by atoms with Gasteiger partial charge in [-0.2, -0.15) is 4.98 Å². The van der Waals surface area contributed by atoms with Crippen molar-refractivity contribution >= 4 is 6.08 Å². The van der Waals surface area contributed by atoms with E-state index in [1.54, 1.807) is 0 Å². The van der Waals surface area contributed by atoms with Gasteiger partial charge in [-0.25, -0.2) is 0 Å². The van der Waals surface area contributed by atoms with Crippen LogP contribution in [0.3, 0.4) is 0 Å². The molecule has 5 nitrogen and oxygen atoms in total. The molecule has 0 amide bonds. The molecule has 0 atom stereocenters. The van der Waals surface area contributed by atoms with Gasteiger partial charge in [0.1, 0.15) is 0 Å². The molecule has 0 saturated heterocycles. The van der Waals surface area contributed by atoms with E-state index in [9.17, 15) is 5.11 Å². The standard InChI is InChI=1S/C17H23N3O2/c1-14(2)17-18-16(22-19-17)13-20(11-12-21)10-6-9-15-7-4-3-5-8-15/h3-9,14,21H,10-13H2,1-2H3. The zero-order valence-electron chi connectivity index (χ0n) is 13.1. The second-order valence-corrected chi connectivity index (χ2v) is 5.47. The molecule has 0 aliphatic heterocycles. The van der Waals surface area contributed by atoms with Gasteiger partial charge >= 0.3 is 0 Å². The fourth-order valence-electron chi connectivity index (χ4n) is 2.04. The maximum atomic E-state index is 9.19. The molecule has 118 valence electrons. The maximum Gasteiger partial charge on any atom is 0.240 e. The minimum Gasteiger partial charge on any atom is -0.395 e. The Morgan fingerprint density at radius 1 is 1.27 bits per heavy atom. The molecule has 2 rings (SSSR count). The first kappa shape index (κ1) is 16.4. The van der Waals surface area contributed by atoms with Crippen LogP contribution in [-0.4, -0.2) is 39.8 Å². The van der Waals surface area contributed by atoms with E-state index in [1.807, 2.05) is 32.0 Å². The molecular weight excluding hydrogens is 278 g/mol. The van der Waals surface area contributed by atoms with Crippen LogP contribution in [-0.2, 0) is 6.54 Å². The van der Waals surface area contributed by atoms with E-state index in [0.29, 0.717) is 19.0 Å². The summed E-state index contributed by atoms with van der Waals surface area (Å²) in [7, 11) is 0. The molecule has 0 saturated carbocycles. The first-order chi connectivity index (χ1) is 10.7. The number of hydrogen-bond donors (Lipinski definition) is 1. The lowest BCUT2D eigenvalue weighted by Crippen LogP contribution is -2.26. The van der Waals surface area contributed by atoms with Gasteiger partial charge < -0.3 is 9.63 Å². The van der Waals surface area contributed by atoms with Gasteiger partial charge in [-0.3, -0.25) is 4.90 Å². The summed E-state index contributed by atoms with van der Waals surface area (Å²) in [5, 5.41) is 13.2. The highest BCUT2D eigenvalue weighted by molar-refractivity contribution is 5.48. The third-order valence-corrected chi connectivity index (χ3v) is 3.25. The highest BCUT2D eigenvalue weighted by Crippen LogP contribution is 2.11. The fourth-order valence-corrected chi connectivity index (χ4v) is 2.04. The molecule has 0 fully saturated rings. The first-order valence-electron chi connectivity index (χ1n) is 7.56. The van der Waals surface area contributed by atoms with Crippen molar-refractivity contribution in [2.45, 2.75) is 26.3 Å². The average Bonchev–Trinajstić information content (AvgIpc) is 2.97. The summed E-state index contributed by atoms with van der Waals surface area (Å²) in [6.07, 6.45) is 4.14.